The molecule has 0 aromatic heterocycles. The van der Waals surface area contributed by atoms with Crippen molar-refractivity contribution >= 4 is 11.8 Å². The molecular formula is C28H52N2O3. The fourth-order valence-corrected chi connectivity index (χ4v) is 6.50. The van der Waals surface area contributed by atoms with Gasteiger partial charge >= 0.3 is 0 Å². The number of rotatable bonds is 3. The van der Waals surface area contributed by atoms with Gasteiger partial charge in [-0.1, -0.05) is 65.2 Å². The molecule has 33 heavy (non-hydrogen) atoms. The summed E-state index contributed by atoms with van der Waals surface area (Å²) in [6.07, 6.45) is 13.9. The normalized spacial score (nSPS) is 34.3. The lowest BCUT2D eigenvalue weighted by Gasteiger charge is -2.46. The van der Waals surface area contributed by atoms with Crippen LogP contribution in [0.2, 0.25) is 0 Å². The van der Waals surface area contributed by atoms with Crippen LogP contribution >= 0.6 is 0 Å². The Morgan fingerprint density at radius 3 is 1.82 bits per heavy atom. The van der Waals surface area contributed by atoms with Gasteiger partial charge in [0.15, 0.2) is 0 Å². The average molecular weight is 465 g/mol. The first-order valence-corrected chi connectivity index (χ1v) is 13.6. The van der Waals surface area contributed by atoms with E-state index in [4.69, 9.17) is 0 Å². The molecule has 1 N–H and O–H groups in total. The molecule has 0 spiro atoms. The summed E-state index contributed by atoms with van der Waals surface area (Å²) < 4.78 is 0. The minimum Gasteiger partial charge on any atom is -0.393 e. The number of aliphatic hydroxyl groups is 1. The van der Waals surface area contributed by atoms with Crippen molar-refractivity contribution in [2.45, 2.75) is 142 Å². The Balaban J connectivity index is 2.23. The minimum absolute atomic E-state index is 0.0368. The topological polar surface area (TPSA) is 60.9 Å². The molecule has 0 aromatic carbocycles. The lowest BCUT2D eigenvalue weighted by atomic mass is 9.76. The van der Waals surface area contributed by atoms with Crippen LogP contribution in [0.1, 0.15) is 125 Å². The second kappa shape index (κ2) is 11.6. The highest BCUT2D eigenvalue weighted by atomic mass is 16.3. The predicted octanol–water partition coefficient (Wildman–Crippen LogP) is 5.93. The van der Waals surface area contributed by atoms with Crippen molar-refractivity contribution in [1.29, 1.82) is 0 Å². The van der Waals surface area contributed by atoms with Crippen molar-refractivity contribution in [3.8, 4) is 0 Å². The highest BCUT2D eigenvalue weighted by Gasteiger charge is 2.45. The van der Waals surface area contributed by atoms with Gasteiger partial charge in [0.05, 0.1) is 6.10 Å². The van der Waals surface area contributed by atoms with Crippen molar-refractivity contribution < 1.29 is 14.7 Å². The van der Waals surface area contributed by atoms with E-state index in [1.807, 2.05) is 23.9 Å². The first kappa shape index (κ1) is 28.1. The Morgan fingerprint density at radius 1 is 0.788 bits per heavy atom. The summed E-state index contributed by atoms with van der Waals surface area (Å²) in [4.78, 5) is 30.0. The molecule has 0 saturated heterocycles. The summed E-state index contributed by atoms with van der Waals surface area (Å²) in [6.45, 7) is 10.3. The van der Waals surface area contributed by atoms with Crippen LogP contribution in [0, 0.1) is 11.3 Å². The maximum absolute atomic E-state index is 14.0. The van der Waals surface area contributed by atoms with Gasteiger partial charge in [-0.25, -0.2) is 0 Å². The third kappa shape index (κ3) is 6.74. The molecule has 2 aliphatic carbocycles. The van der Waals surface area contributed by atoms with E-state index in [9.17, 15) is 14.7 Å². The van der Waals surface area contributed by atoms with Crippen LogP contribution in [-0.2, 0) is 9.59 Å². The lowest BCUT2D eigenvalue weighted by molar-refractivity contribution is -0.148. The zero-order chi connectivity index (χ0) is 24.9. The second-order valence-corrected chi connectivity index (χ2v) is 12.2. The molecule has 0 aliphatic heterocycles. The standard InChI is InChI=1S/C28H52N2O3/c1-22-16-15-19-27(4,20-24(32)21-28(22,5)29(6)23(2)31)30(7)25(33)26(3)17-13-11-9-8-10-12-14-18-26/h22,24,32H,8-21H2,1-7H3. The summed E-state index contributed by atoms with van der Waals surface area (Å²) in [5, 5.41) is 11.2. The molecule has 0 heterocycles. The third-order valence-electron chi connectivity index (χ3n) is 9.56. The van der Waals surface area contributed by atoms with Crippen LogP contribution < -0.4 is 0 Å². The Hall–Kier alpha value is -1.10. The van der Waals surface area contributed by atoms with Gasteiger partial charge in [0.2, 0.25) is 11.8 Å². The van der Waals surface area contributed by atoms with E-state index in [0.29, 0.717) is 12.8 Å². The minimum atomic E-state index is -0.561. The van der Waals surface area contributed by atoms with E-state index in [2.05, 4.69) is 27.7 Å². The second-order valence-electron chi connectivity index (χ2n) is 12.2. The SMILES string of the molecule is CC(=O)N(C)C1(C)CC(O)CC(C)(N(C)C(=O)C2(C)CCCCCCCCC2)CCCC1C. The van der Waals surface area contributed by atoms with Gasteiger partial charge in [-0.05, 0) is 58.3 Å². The summed E-state index contributed by atoms with van der Waals surface area (Å²) >= 11 is 0. The fraction of sp³-hybridized carbons (Fsp3) is 0.929. The summed E-state index contributed by atoms with van der Waals surface area (Å²) in [6, 6.07) is 0. The first-order valence-electron chi connectivity index (χ1n) is 13.6. The Kier molecular flexibility index (Phi) is 9.85. The van der Waals surface area contributed by atoms with E-state index in [0.717, 1.165) is 44.9 Å². The van der Waals surface area contributed by atoms with Gasteiger partial charge < -0.3 is 14.9 Å². The van der Waals surface area contributed by atoms with Crippen molar-refractivity contribution in [2.75, 3.05) is 14.1 Å². The molecule has 0 bridgehead atoms. The Labute approximate surface area is 203 Å². The monoisotopic (exact) mass is 464 g/mol. The van der Waals surface area contributed by atoms with Crippen molar-refractivity contribution in [3.05, 3.63) is 0 Å². The molecule has 4 atom stereocenters. The van der Waals surface area contributed by atoms with Crippen LogP contribution in [-0.4, -0.2) is 58.0 Å². The third-order valence-corrected chi connectivity index (χ3v) is 9.56. The predicted molar refractivity (Wildman–Crippen MR) is 136 cm³/mol. The van der Waals surface area contributed by atoms with E-state index in [1.54, 1.807) is 6.92 Å². The molecule has 5 heteroatoms. The highest BCUT2D eigenvalue weighted by Crippen LogP contribution is 2.41. The first-order chi connectivity index (χ1) is 15.4. The summed E-state index contributed by atoms with van der Waals surface area (Å²) in [7, 11) is 3.83. The number of carbonyl (C=O) groups is 2. The zero-order valence-corrected chi connectivity index (χ0v) is 22.7. The number of hydrogen-bond donors (Lipinski definition) is 1. The van der Waals surface area contributed by atoms with Gasteiger partial charge in [-0.15, -0.1) is 0 Å². The zero-order valence-electron chi connectivity index (χ0n) is 22.7. The van der Waals surface area contributed by atoms with Gasteiger partial charge in [-0.3, -0.25) is 9.59 Å². The van der Waals surface area contributed by atoms with Crippen LogP contribution in [0.3, 0.4) is 0 Å². The molecule has 5 nitrogen and oxygen atoms in total. The van der Waals surface area contributed by atoms with Crippen molar-refractivity contribution in [1.82, 2.24) is 9.80 Å². The average Bonchev–Trinajstić information content (AvgIpc) is 2.79. The van der Waals surface area contributed by atoms with E-state index in [1.165, 1.54) is 32.1 Å². The maximum atomic E-state index is 14.0. The van der Waals surface area contributed by atoms with E-state index < -0.39 is 6.10 Å². The number of hydrogen-bond acceptors (Lipinski definition) is 3. The van der Waals surface area contributed by atoms with E-state index in [-0.39, 0.29) is 34.2 Å². The molecule has 2 rings (SSSR count). The number of amides is 2. The van der Waals surface area contributed by atoms with Gasteiger partial charge in [0.25, 0.3) is 0 Å². The molecule has 4 unspecified atom stereocenters. The van der Waals surface area contributed by atoms with Crippen LogP contribution in [0.15, 0.2) is 0 Å². The molecular weight excluding hydrogens is 412 g/mol. The van der Waals surface area contributed by atoms with Crippen LogP contribution in [0.25, 0.3) is 0 Å². The number of carbonyl (C=O) groups excluding carboxylic acids is 2. The molecule has 2 aliphatic rings. The van der Waals surface area contributed by atoms with Gasteiger partial charge in [0, 0.05) is 37.5 Å². The molecule has 2 amide bonds. The van der Waals surface area contributed by atoms with E-state index >= 15 is 0 Å². The summed E-state index contributed by atoms with van der Waals surface area (Å²) in [5.41, 5.74) is -1.08. The highest BCUT2D eigenvalue weighted by molar-refractivity contribution is 5.82. The Bertz CT molecular complexity index is 656. The largest absolute Gasteiger partial charge is 0.393 e. The molecule has 0 radical (unpaired) electrons. The van der Waals surface area contributed by atoms with Crippen molar-refractivity contribution in [2.24, 2.45) is 11.3 Å². The Morgan fingerprint density at radius 2 is 1.30 bits per heavy atom. The van der Waals surface area contributed by atoms with Crippen LogP contribution in [0.5, 0.6) is 0 Å². The quantitative estimate of drug-likeness (QED) is 0.563. The lowest BCUT2D eigenvalue weighted by Crippen LogP contribution is -2.55. The van der Waals surface area contributed by atoms with Crippen LogP contribution in [0.4, 0.5) is 0 Å². The molecule has 192 valence electrons. The smallest absolute Gasteiger partial charge is 0.228 e. The van der Waals surface area contributed by atoms with Crippen molar-refractivity contribution in [3.63, 3.8) is 0 Å². The maximum Gasteiger partial charge on any atom is 0.228 e. The molecule has 2 fully saturated rings. The number of aliphatic hydroxyl groups excluding tert-OH is 1. The molecule has 0 aromatic rings. The van der Waals surface area contributed by atoms with Gasteiger partial charge in [0.1, 0.15) is 0 Å². The van der Waals surface area contributed by atoms with Gasteiger partial charge in [-0.2, -0.15) is 0 Å². The summed E-state index contributed by atoms with van der Waals surface area (Å²) in [5.74, 6) is 0.573. The fourth-order valence-electron chi connectivity index (χ4n) is 6.50. The number of nitrogens with zero attached hydrogens (tertiary/aromatic N) is 2. The molecule has 2 saturated carbocycles.